The number of nitrogens with zero attached hydrogens (tertiary/aromatic N) is 1. The molecule has 0 atom stereocenters. The van der Waals surface area contributed by atoms with Gasteiger partial charge in [-0.2, -0.15) is 0 Å². The molecule has 2 rings (SSSR count). The number of non-ortho nitro benzene ring substituents is 1. The third-order valence-electron chi connectivity index (χ3n) is 2.43. The smallest absolute Gasteiger partial charge is 0.270 e. The Labute approximate surface area is 121 Å². The largest absolute Gasteiger partial charge is 0.453 e. The van der Waals surface area contributed by atoms with Gasteiger partial charge >= 0.3 is 0 Å². The third kappa shape index (κ3) is 2.85. The first-order valence-electron chi connectivity index (χ1n) is 5.16. The van der Waals surface area contributed by atoms with Crippen LogP contribution in [-0.4, -0.2) is 16.0 Å². The first-order valence-corrected chi connectivity index (χ1v) is 6.66. The van der Waals surface area contributed by atoms with Crippen LogP contribution in [0.25, 0.3) is 11.3 Å². The van der Waals surface area contributed by atoms with Crippen LogP contribution in [0.1, 0.15) is 10.6 Å². The highest BCUT2D eigenvalue weighted by Crippen LogP contribution is 2.32. The molecule has 0 aliphatic heterocycles. The van der Waals surface area contributed by atoms with Crippen molar-refractivity contribution in [2.75, 3.05) is 5.33 Å². The molecule has 0 saturated heterocycles. The highest BCUT2D eigenvalue weighted by molar-refractivity contribution is 9.09. The van der Waals surface area contributed by atoms with E-state index in [0.29, 0.717) is 11.3 Å². The zero-order valence-electron chi connectivity index (χ0n) is 9.43. The predicted octanol–water partition coefficient (Wildman–Crippen LogP) is 4.09. The lowest BCUT2D eigenvalue weighted by Crippen LogP contribution is -1.96. The molecule has 98 valence electrons. The van der Waals surface area contributed by atoms with Crippen molar-refractivity contribution in [1.29, 1.82) is 0 Å². The van der Waals surface area contributed by atoms with E-state index in [-0.39, 0.29) is 27.6 Å². The molecule has 0 aliphatic rings. The summed E-state index contributed by atoms with van der Waals surface area (Å²) in [5.74, 6) is 0.412. The first-order chi connectivity index (χ1) is 9.02. The normalized spacial score (nSPS) is 10.4. The van der Waals surface area contributed by atoms with Crippen LogP contribution in [0.5, 0.6) is 0 Å². The van der Waals surface area contributed by atoms with Crippen molar-refractivity contribution >= 4 is 39.0 Å². The van der Waals surface area contributed by atoms with E-state index in [1.165, 1.54) is 24.3 Å². The van der Waals surface area contributed by atoms with E-state index in [4.69, 9.17) is 16.0 Å². The summed E-state index contributed by atoms with van der Waals surface area (Å²) in [6, 6.07) is 7.20. The van der Waals surface area contributed by atoms with Gasteiger partial charge in [0.25, 0.3) is 5.69 Å². The van der Waals surface area contributed by atoms with Crippen molar-refractivity contribution in [3.63, 3.8) is 0 Å². The Bertz CT molecular complexity index is 653. The van der Waals surface area contributed by atoms with Gasteiger partial charge in [0.05, 0.1) is 15.3 Å². The molecule has 0 fully saturated rings. The van der Waals surface area contributed by atoms with Crippen LogP contribution in [0.3, 0.4) is 0 Å². The lowest BCUT2D eigenvalue weighted by atomic mass is 10.1. The van der Waals surface area contributed by atoms with Crippen LogP contribution < -0.4 is 0 Å². The standard InChI is InChI=1S/C12H7BrClNO4/c13-6-10(16)12-4-3-11(19-12)8-2-1-7(15(17)18)5-9(8)14/h1-5H,6H2. The minimum Gasteiger partial charge on any atom is -0.453 e. The van der Waals surface area contributed by atoms with E-state index in [1.54, 1.807) is 6.07 Å². The third-order valence-corrected chi connectivity index (χ3v) is 3.25. The Kier molecular flexibility index (Phi) is 4.01. The molecule has 0 spiro atoms. The van der Waals surface area contributed by atoms with Crippen LogP contribution in [0, 0.1) is 10.1 Å². The number of ketones is 1. The van der Waals surface area contributed by atoms with Crippen LogP contribution in [0.4, 0.5) is 5.69 Å². The average Bonchev–Trinajstić information content (AvgIpc) is 2.87. The summed E-state index contributed by atoms with van der Waals surface area (Å²) in [5, 5.41) is 11.0. The van der Waals surface area contributed by atoms with E-state index in [9.17, 15) is 14.9 Å². The number of hydrogen-bond donors (Lipinski definition) is 0. The van der Waals surface area contributed by atoms with Crippen molar-refractivity contribution in [1.82, 2.24) is 0 Å². The maximum absolute atomic E-state index is 11.4. The second kappa shape index (κ2) is 5.54. The topological polar surface area (TPSA) is 73.3 Å². The number of carbonyl (C=O) groups is 1. The number of furan rings is 1. The molecule has 1 heterocycles. The summed E-state index contributed by atoms with van der Waals surface area (Å²) in [6.45, 7) is 0. The lowest BCUT2D eigenvalue weighted by molar-refractivity contribution is -0.384. The van der Waals surface area contributed by atoms with Crippen LogP contribution in [-0.2, 0) is 0 Å². The summed E-state index contributed by atoms with van der Waals surface area (Å²) < 4.78 is 5.37. The monoisotopic (exact) mass is 343 g/mol. The SMILES string of the molecule is O=C(CBr)c1ccc(-c2ccc([N+](=O)[O-])cc2Cl)o1. The maximum atomic E-state index is 11.4. The van der Waals surface area contributed by atoms with Crippen LogP contribution in [0.15, 0.2) is 34.7 Å². The van der Waals surface area contributed by atoms with Gasteiger partial charge in [0.1, 0.15) is 5.76 Å². The highest BCUT2D eigenvalue weighted by Gasteiger charge is 2.15. The number of alkyl halides is 1. The minimum absolute atomic E-state index is 0.0999. The van der Waals surface area contributed by atoms with Gasteiger partial charge in [0, 0.05) is 17.7 Å². The fourth-order valence-corrected chi connectivity index (χ4v) is 2.06. The molecule has 0 amide bonds. The predicted molar refractivity (Wildman–Crippen MR) is 73.9 cm³/mol. The summed E-state index contributed by atoms with van der Waals surface area (Å²) in [5.41, 5.74) is 0.401. The highest BCUT2D eigenvalue weighted by atomic mass is 79.9. The van der Waals surface area contributed by atoms with Gasteiger partial charge in [0.2, 0.25) is 5.78 Å². The molecule has 0 N–H and O–H groups in total. The Morgan fingerprint density at radius 1 is 1.37 bits per heavy atom. The Hall–Kier alpha value is -1.66. The number of rotatable bonds is 4. The molecule has 0 saturated carbocycles. The molecule has 5 nitrogen and oxygen atoms in total. The Morgan fingerprint density at radius 2 is 2.11 bits per heavy atom. The summed E-state index contributed by atoms with van der Waals surface area (Å²) in [4.78, 5) is 21.5. The molecule has 7 heteroatoms. The summed E-state index contributed by atoms with van der Waals surface area (Å²) in [7, 11) is 0. The number of hydrogen-bond acceptors (Lipinski definition) is 4. The molecule has 0 bridgehead atoms. The van der Waals surface area contributed by atoms with Crippen molar-refractivity contribution < 1.29 is 14.1 Å². The summed E-state index contributed by atoms with van der Waals surface area (Å²) >= 11 is 9.02. The number of Topliss-reactive ketones (excluding diaryl/α,β-unsaturated/α-hetero) is 1. The van der Waals surface area contributed by atoms with Crippen molar-refractivity contribution in [2.45, 2.75) is 0 Å². The molecule has 1 aromatic heterocycles. The van der Waals surface area contributed by atoms with Gasteiger partial charge < -0.3 is 4.42 Å². The number of nitro benzene ring substituents is 1. The van der Waals surface area contributed by atoms with Gasteiger partial charge in [-0.3, -0.25) is 14.9 Å². The van der Waals surface area contributed by atoms with E-state index < -0.39 is 4.92 Å². The Balaban J connectivity index is 2.39. The first kappa shape index (κ1) is 13.8. The van der Waals surface area contributed by atoms with Gasteiger partial charge in [0.15, 0.2) is 5.76 Å². The lowest BCUT2D eigenvalue weighted by Gasteiger charge is -2.00. The van der Waals surface area contributed by atoms with E-state index >= 15 is 0 Å². The molecular formula is C12H7BrClNO4. The van der Waals surface area contributed by atoms with E-state index in [0.717, 1.165) is 0 Å². The minimum atomic E-state index is -0.530. The second-order valence-corrected chi connectivity index (χ2v) is 4.61. The van der Waals surface area contributed by atoms with Gasteiger partial charge in [-0.05, 0) is 18.2 Å². The molecule has 1 aromatic carbocycles. The molecular weight excluding hydrogens is 337 g/mol. The number of halogens is 2. The molecule has 0 unspecified atom stereocenters. The zero-order chi connectivity index (χ0) is 14.0. The fourth-order valence-electron chi connectivity index (χ4n) is 1.52. The number of nitro groups is 1. The summed E-state index contributed by atoms with van der Waals surface area (Å²) in [6.07, 6.45) is 0. The quantitative estimate of drug-likeness (QED) is 0.362. The molecule has 0 aliphatic carbocycles. The van der Waals surface area contributed by atoms with Gasteiger partial charge in [-0.25, -0.2) is 0 Å². The number of carbonyl (C=O) groups excluding carboxylic acids is 1. The number of benzene rings is 1. The average molecular weight is 345 g/mol. The second-order valence-electron chi connectivity index (χ2n) is 3.64. The molecule has 19 heavy (non-hydrogen) atoms. The van der Waals surface area contributed by atoms with Gasteiger partial charge in [-0.1, -0.05) is 27.5 Å². The van der Waals surface area contributed by atoms with Gasteiger partial charge in [-0.15, -0.1) is 0 Å². The molecule has 0 radical (unpaired) electrons. The van der Waals surface area contributed by atoms with Crippen LogP contribution >= 0.6 is 27.5 Å². The Morgan fingerprint density at radius 3 is 2.68 bits per heavy atom. The van der Waals surface area contributed by atoms with Crippen LogP contribution in [0.2, 0.25) is 5.02 Å². The van der Waals surface area contributed by atoms with Crippen molar-refractivity contribution in [3.8, 4) is 11.3 Å². The fraction of sp³-hybridized carbons (Fsp3) is 0.0833. The zero-order valence-corrected chi connectivity index (χ0v) is 11.8. The van der Waals surface area contributed by atoms with Crippen molar-refractivity contribution in [3.05, 3.63) is 51.2 Å². The van der Waals surface area contributed by atoms with Crippen molar-refractivity contribution in [2.24, 2.45) is 0 Å². The van der Waals surface area contributed by atoms with E-state index in [1.807, 2.05) is 0 Å². The molecule has 2 aromatic rings. The van der Waals surface area contributed by atoms with E-state index in [2.05, 4.69) is 15.9 Å². The maximum Gasteiger partial charge on any atom is 0.270 e.